The van der Waals surface area contributed by atoms with E-state index >= 15 is 0 Å². The molecule has 0 aromatic carbocycles. The van der Waals surface area contributed by atoms with Crippen molar-refractivity contribution < 1.29 is 19.2 Å². The number of anilines is 2. The molecule has 0 aliphatic carbocycles. The molecular formula is C19H26N6O4. The van der Waals surface area contributed by atoms with E-state index < -0.39 is 17.2 Å². The maximum absolute atomic E-state index is 12.4. The Labute approximate surface area is 168 Å². The minimum Gasteiger partial charge on any atom is -0.388 e. The van der Waals surface area contributed by atoms with Crippen LogP contribution in [0.2, 0.25) is 0 Å². The fourth-order valence-electron chi connectivity index (χ4n) is 4.12. The fraction of sp³-hybridized carbons (Fsp3) is 0.579. The highest BCUT2D eigenvalue weighted by atomic mass is 16.5. The van der Waals surface area contributed by atoms with Crippen molar-refractivity contribution in [2.45, 2.75) is 50.4 Å². The lowest BCUT2D eigenvalue weighted by molar-refractivity contribution is -0.176. The molecule has 2 aromatic heterocycles. The van der Waals surface area contributed by atoms with Crippen LogP contribution in [0.1, 0.15) is 42.4 Å². The topological polar surface area (TPSA) is 140 Å². The summed E-state index contributed by atoms with van der Waals surface area (Å²) in [6.45, 7) is 5.09. The molecule has 2 aliphatic heterocycles. The van der Waals surface area contributed by atoms with E-state index in [4.69, 9.17) is 15.0 Å². The number of nitrogens with zero attached hydrogens (tertiary/aromatic N) is 4. The number of nitrogens with one attached hydrogen (secondary N) is 1. The molecule has 2 aliphatic rings. The highest BCUT2D eigenvalue weighted by Crippen LogP contribution is 2.40. The van der Waals surface area contributed by atoms with Gasteiger partial charge in [0.1, 0.15) is 11.6 Å². The Morgan fingerprint density at radius 2 is 2.17 bits per heavy atom. The molecule has 2 fully saturated rings. The smallest absolute Gasteiger partial charge is 0.273 e. The average Bonchev–Trinajstić information content (AvgIpc) is 3.11. The van der Waals surface area contributed by atoms with Crippen LogP contribution in [0.4, 0.5) is 11.8 Å². The van der Waals surface area contributed by atoms with E-state index in [0.29, 0.717) is 37.0 Å². The maximum atomic E-state index is 12.4. The summed E-state index contributed by atoms with van der Waals surface area (Å²) >= 11 is 0. The van der Waals surface area contributed by atoms with E-state index in [2.05, 4.69) is 25.3 Å². The zero-order valence-corrected chi connectivity index (χ0v) is 16.6. The number of nitrogens with two attached hydrogens (primary N) is 1. The molecular weight excluding hydrogens is 376 g/mol. The molecule has 10 heteroatoms. The third-order valence-corrected chi connectivity index (χ3v) is 5.77. The standard InChI is InChI=1S/C19H26N6O4/c1-12-9-13(24-29-12)16(26)22-14-10-28-19(11-18(14,2)27)4-7-25(8-5-19)17-21-6-3-15(20)23-17/h3,6,9,14,27H,4-5,7-8,10-11H2,1-2H3,(H,22,26)(H2,20,21,23)/t14-,18-/m0/s1. The fourth-order valence-corrected chi connectivity index (χ4v) is 4.12. The summed E-state index contributed by atoms with van der Waals surface area (Å²) in [4.78, 5) is 23.0. The number of piperidine rings is 1. The summed E-state index contributed by atoms with van der Waals surface area (Å²) in [6, 6.07) is 2.68. The first-order valence-electron chi connectivity index (χ1n) is 9.70. The molecule has 2 saturated heterocycles. The summed E-state index contributed by atoms with van der Waals surface area (Å²) in [7, 11) is 0. The normalized spacial score (nSPS) is 26.4. The van der Waals surface area contributed by atoms with Crippen LogP contribution >= 0.6 is 0 Å². The van der Waals surface area contributed by atoms with Gasteiger partial charge in [-0.05, 0) is 32.8 Å². The zero-order valence-electron chi connectivity index (χ0n) is 16.6. The van der Waals surface area contributed by atoms with Crippen molar-refractivity contribution in [2.24, 2.45) is 0 Å². The second-order valence-corrected chi connectivity index (χ2v) is 8.15. The van der Waals surface area contributed by atoms with Crippen molar-refractivity contribution in [1.29, 1.82) is 0 Å². The molecule has 0 bridgehead atoms. The monoisotopic (exact) mass is 402 g/mol. The maximum Gasteiger partial charge on any atom is 0.273 e. The quantitative estimate of drug-likeness (QED) is 0.675. The molecule has 2 aromatic rings. The molecule has 4 heterocycles. The number of carbonyl (C=O) groups excluding carboxylic acids is 1. The van der Waals surface area contributed by atoms with Crippen LogP contribution in [0, 0.1) is 6.92 Å². The highest BCUT2D eigenvalue weighted by molar-refractivity contribution is 5.92. The van der Waals surface area contributed by atoms with E-state index in [1.54, 1.807) is 32.2 Å². The lowest BCUT2D eigenvalue weighted by atomic mass is 9.75. The van der Waals surface area contributed by atoms with E-state index in [-0.39, 0.29) is 18.2 Å². The molecule has 156 valence electrons. The van der Waals surface area contributed by atoms with Gasteiger partial charge in [0.2, 0.25) is 5.95 Å². The van der Waals surface area contributed by atoms with Gasteiger partial charge in [0, 0.05) is 31.8 Å². The first-order valence-corrected chi connectivity index (χ1v) is 9.70. The van der Waals surface area contributed by atoms with Crippen molar-refractivity contribution in [1.82, 2.24) is 20.4 Å². The number of amides is 1. The molecule has 0 unspecified atom stereocenters. The summed E-state index contributed by atoms with van der Waals surface area (Å²) in [5.74, 6) is 1.21. The number of hydrogen-bond acceptors (Lipinski definition) is 9. The Bertz CT molecular complexity index is 890. The lowest BCUT2D eigenvalue weighted by Gasteiger charge is -2.51. The van der Waals surface area contributed by atoms with Crippen LogP contribution in [0.3, 0.4) is 0 Å². The molecule has 1 amide bonds. The third-order valence-electron chi connectivity index (χ3n) is 5.77. The number of ether oxygens (including phenoxy) is 1. The Kier molecular flexibility index (Phi) is 4.91. The van der Waals surface area contributed by atoms with Crippen LogP contribution in [0.15, 0.2) is 22.9 Å². The minimum absolute atomic E-state index is 0.189. The number of aliphatic hydroxyl groups is 1. The molecule has 2 atom stereocenters. The van der Waals surface area contributed by atoms with E-state index in [9.17, 15) is 9.90 Å². The number of aryl methyl sites for hydroxylation is 1. The van der Waals surface area contributed by atoms with Crippen molar-refractivity contribution in [3.8, 4) is 0 Å². The van der Waals surface area contributed by atoms with Crippen LogP contribution < -0.4 is 16.0 Å². The first-order chi connectivity index (χ1) is 13.8. The van der Waals surface area contributed by atoms with Crippen molar-refractivity contribution in [3.05, 3.63) is 29.8 Å². The summed E-state index contributed by atoms with van der Waals surface area (Å²) in [6.07, 6.45) is 3.52. The minimum atomic E-state index is -1.11. The van der Waals surface area contributed by atoms with Gasteiger partial charge < -0.3 is 30.3 Å². The second kappa shape index (κ2) is 7.27. The number of aromatic nitrogens is 3. The number of nitrogen functional groups attached to an aromatic ring is 1. The largest absolute Gasteiger partial charge is 0.388 e. The van der Waals surface area contributed by atoms with Crippen molar-refractivity contribution >= 4 is 17.7 Å². The molecule has 10 nitrogen and oxygen atoms in total. The van der Waals surface area contributed by atoms with Gasteiger partial charge >= 0.3 is 0 Å². The molecule has 1 spiro atoms. The molecule has 0 saturated carbocycles. The van der Waals surface area contributed by atoms with Gasteiger partial charge in [-0.25, -0.2) is 4.98 Å². The van der Waals surface area contributed by atoms with Gasteiger partial charge in [-0.3, -0.25) is 4.79 Å². The average molecular weight is 402 g/mol. The zero-order chi connectivity index (χ0) is 20.6. The van der Waals surface area contributed by atoms with E-state index in [1.807, 2.05) is 0 Å². The Hall–Kier alpha value is -2.72. The Morgan fingerprint density at radius 1 is 1.41 bits per heavy atom. The molecule has 4 N–H and O–H groups in total. The first kappa shape index (κ1) is 19.6. The van der Waals surface area contributed by atoms with Gasteiger partial charge in [-0.1, -0.05) is 5.16 Å². The van der Waals surface area contributed by atoms with Gasteiger partial charge in [0.25, 0.3) is 5.91 Å². The van der Waals surface area contributed by atoms with Crippen LogP contribution in [-0.4, -0.2) is 63.1 Å². The number of hydrogen-bond donors (Lipinski definition) is 3. The van der Waals surface area contributed by atoms with Gasteiger partial charge in [0.15, 0.2) is 5.69 Å². The lowest BCUT2D eigenvalue weighted by Crippen LogP contribution is -2.64. The van der Waals surface area contributed by atoms with Crippen LogP contribution in [0.5, 0.6) is 0 Å². The predicted octanol–water partition coefficient (Wildman–Crippen LogP) is 0.664. The third kappa shape index (κ3) is 4.03. The van der Waals surface area contributed by atoms with Crippen LogP contribution in [-0.2, 0) is 4.74 Å². The highest BCUT2D eigenvalue weighted by Gasteiger charge is 2.49. The summed E-state index contributed by atoms with van der Waals surface area (Å²) in [5, 5.41) is 17.6. The summed E-state index contributed by atoms with van der Waals surface area (Å²) in [5.41, 5.74) is 4.40. The molecule has 0 radical (unpaired) electrons. The predicted molar refractivity (Wildman–Crippen MR) is 104 cm³/mol. The summed E-state index contributed by atoms with van der Waals surface area (Å²) < 4.78 is 11.1. The van der Waals surface area contributed by atoms with Crippen molar-refractivity contribution in [2.75, 3.05) is 30.3 Å². The number of carbonyl (C=O) groups is 1. The van der Waals surface area contributed by atoms with Gasteiger partial charge in [-0.2, -0.15) is 4.98 Å². The Morgan fingerprint density at radius 3 is 2.79 bits per heavy atom. The van der Waals surface area contributed by atoms with Gasteiger partial charge in [-0.15, -0.1) is 0 Å². The van der Waals surface area contributed by atoms with E-state index in [0.717, 1.165) is 12.8 Å². The molecule has 29 heavy (non-hydrogen) atoms. The van der Waals surface area contributed by atoms with Gasteiger partial charge in [0.05, 0.1) is 23.9 Å². The number of rotatable bonds is 3. The van der Waals surface area contributed by atoms with Crippen molar-refractivity contribution in [3.63, 3.8) is 0 Å². The van der Waals surface area contributed by atoms with Crippen LogP contribution in [0.25, 0.3) is 0 Å². The molecule has 4 rings (SSSR count). The van der Waals surface area contributed by atoms with E-state index in [1.165, 1.54) is 0 Å². The Balaban J connectivity index is 1.38. The SMILES string of the molecule is Cc1cc(C(=O)N[C@H]2COC3(CCN(c4nccc(N)n4)CC3)C[C@]2(C)O)no1. The second-order valence-electron chi connectivity index (χ2n) is 8.15.